The van der Waals surface area contributed by atoms with Crippen molar-refractivity contribution in [3.63, 3.8) is 0 Å². The summed E-state index contributed by atoms with van der Waals surface area (Å²) in [6, 6.07) is 20.6. The Bertz CT molecular complexity index is 610. The highest BCUT2D eigenvalue weighted by molar-refractivity contribution is 6.91. The molecule has 0 unspecified atom stereocenters. The Morgan fingerprint density at radius 3 is 2.21 bits per heavy atom. The minimum absolute atomic E-state index is 0.111. The second-order valence-electron chi connectivity index (χ2n) is 6.74. The first-order chi connectivity index (χ1) is 11.6. The van der Waals surface area contributed by atoms with Crippen LogP contribution in [-0.2, 0) is 11.3 Å². The zero-order valence-electron chi connectivity index (χ0n) is 14.7. The van der Waals surface area contributed by atoms with Gasteiger partial charge in [0.2, 0.25) is 0 Å². The van der Waals surface area contributed by atoms with Gasteiger partial charge in [-0.05, 0) is 12.0 Å². The molecule has 2 rings (SSSR count). The van der Waals surface area contributed by atoms with E-state index in [0.29, 0.717) is 19.6 Å². The van der Waals surface area contributed by atoms with E-state index in [0.717, 1.165) is 5.56 Å². The lowest BCUT2D eigenvalue weighted by molar-refractivity contribution is 0.0740. The Labute approximate surface area is 146 Å². The van der Waals surface area contributed by atoms with Crippen molar-refractivity contribution in [3.05, 3.63) is 78.9 Å². The summed E-state index contributed by atoms with van der Waals surface area (Å²) in [5, 5.41) is 12.0. The Morgan fingerprint density at radius 2 is 1.62 bits per heavy atom. The van der Waals surface area contributed by atoms with Crippen LogP contribution >= 0.6 is 0 Å². The van der Waals surface area contributed by atoms with E-state index in [1.165, 1.54) is 5.19 Å². The molecule has 24 heavy (non-hydrogen) atoms. The van der Waals surface area contributed by atoms with Gasteiger partial charge in [-0.25, -0.2) is 0 Å². The first-order valence-electron chi connectivity index (χ1n) is 8.53. The van der Waals surface area contributed by atoms with Gasteiger partial charge in [-0.1, -0.05) is 85.0 Å². The van der Waals surface area contributed by atoms with E-state index in [2.05, 4.69) is 56.1 Å². The third kappa shape index (κ3) is 4.90. The molecule has 0 fully saturated rings. The van der Waals surface area contributed by atoms with E-state index < -0.39 is 14.2 Å². The van der Waals surface area contributed by atoms with Crippen molar-refractivity contribution in [1.29, 1.82) is 0 Å². The molecule has 2 aromatic carbocycles. The summed E-state index contributed by atoms with van der Waals surface area (Å²) in [4.78, 5) is 0. The quantitative estimate of drug-likeness (QED) is 0.422. The van der Waals surface area contributed by atoms with Crippen molar-refractivity contribution in [2.75, 3.05) is 6.61 Å². The molecular formula is C21H28O2Si. The standard InChI is InChI=1S/C21H28O2Si/c1-4-21(24(2,3)19-13-9-6-10-14-19)20(22)15-16-23-17-18-11-7-5-8-12-18/h4-14,20-22H,1,15-17H2,2-3H3/t20-,21+/m0/s1. The average molecular weight is 341 g/mol. The van der Waals surface area contributed by atoms with Gasteiger partial charge in [0.25, 0.3) is 0 Å². The maximum absolute atomic E-state index is 10.7. The maximum atomic E-state index is 10.7. The smallest absolute Gasteiger partial charge is 0.0901 e. The summed E-state index contributed by atoms with van der Waals surface area (Å²) in [5.41, 5.74) is 1.27. The largest absolute Gasteiger partial charge is 0.393 e. The summed E-state index contributed by atoms with van der Waals surface area (Å²) >= 11 is 0. The fourth-order valence-corrected chi connectivity index (χ4v) is 6.30. The Morgan fingerprint density at radius 1 is 1.04 bits per heavy atom. The molecule has 0 saturated carbocycles. The van der Waals surface area contributed by atoms with Crippen LogP contribution in [0.15, 0.2) is 73.3 Å². The third-order valence-corrected chi connectivity index (χ3v) is 8.80. The molecule has 0 aliphatic carbocycles. The van der Waals surface area contributed by atoms with Crippen molar-refractivity contribution in [2.24, 2.45) is 0 Å². The maximum Gasteiger partial charge on any atom is 0.0901 e. The number of hydrogen-bond acceptors (Lipinski definition) is 2. The van der Waals surface area contributed by atoms with Gasteiger partial charge in [-0.2, -0.15) is 0 Å². The van der Waals surface area contributed by atoms with Crippen LogP contribution in [0.1, 0.15) is 12.0 Å². The monoisotopic (exact) mass is 340 g/mol. The Kier molecular flexibility index (Phi) is 6.97. The highest BCUT2D eigenvalue weighted by atomic mass is 28.3. The summed E-state index contributed by atoms with van der Waals surface area (Å²) in [5.74, 6) is 0. The number of ether oxygens (including phenoxy) is 1. The van der Waals surface area contributed by atoms with Gasteiger partial charge in [0.15, 0.2) is 0 Å². The van der Waals surface area contributed by atoms with E-state index in [9.17, 15) is 5.11 Å². The van der Waals surface area contributed by atoms with Crippen molar-refractivity contribution in [3.8, 4) is 0 Å². The molecule has 128 valence electrons. The first kappa shape index (κ1) is 18.7. The second kappa shape index (κ2) is 8.97. The number of hydrogen-bond donors (Lipinski definition) is 1. The highest BCUT2D eigenvalue weighted by Crippen LogP contribution is 2.28. The van der Waals surface area contributed by atoms with Crippen LogP contribution in [0.5, 0.6) is 0 Å². The van der Waals surface area contributed by atoms with E-state index in [-0.39, 0.29) is 5.54 Å². The highest BCUT2D eigenvalue weighted by Gasteiger charge is 2.35. The molecule has 2 atom stereocenters. The van der Waals surface area contributed by atoms with Crippen LogP contribution in [0.3, 0.4) is 0 Å². The lowest BCUT2D eigenvalue weighted by Gasteiger charge is -2.34. The minimum atomic E-state index is -1.82. The Balaban J connectivity index is 1.89. The third-order valence-electron chi connectivity index (χ3n) is 4.69. The predicted octanol–water partition coefficient (Wildman–Crippen LogP) is 4.13. The molecular weight excluding hydrogens is 312 g/mol. The van der Waals surface area contributed by atoms with Crippen LogP contribution < -0.4 is 5.19 Å². The zero-order chi connectivity index (χ0) is 17.4. The molecule has 0 radical (unpaired) electrons. The first-order valence-corrected chi connectivity index (χ1v) is 11.6. The molecule has 2 aromatic rings. The summed E-state index contributed by atoms with van der Waals surface area (Å²) in [7, 11) is -1.82. The molecule has 1 N–H and O–H groups in total. The second-order valence-corrected chi connectivity index (χ2v) is 11.4. The van der Waals surface area contributed by atoms with Gasteiger partial charge < -0.3 is 9.84 Å². The number of rotatable bonds is 9. The molecule has 0 amide bonds. The summed E-state index contributed by atoms with van der Waals surface area (Å²) in [6.45, 7) is 9.72. The van der Waals surface area contributed by atoms with E-state index in [1.807, 2.05) is 30.3 Å². The molecule has 0 saturated heterocycles. The van der Waals surface area contributed by atoms with Gasteiger partial charge in [0.05, 0.1) is 20.8 Å². The van der Waals surface area contributed by atoms with Crippen molar-refractivity contribution >= 4 is 13.3 Å². The van der Waals surface area contributed by atoms with Gasteiger partial charge >= 0.3 is 0 Å². The summed E-state index contributed by atoms with van der Waals surface area (Å²) in [6.07, 6.45) is 2.15. The van der Waals surface area contributed by atoms with Crippen LogP contribution in [0.2, 0.25) is 18.6 Å². The Hall–Kier alpha value is -1.68. The van der Waals surface area contributed by atoms with E-state index in [4.69, 9.17) is 4.74 Å². The topological polar surface area (TPSA) is 29.5 Å². The van der Waals surface area contributed by atoms with Crippen LogP contribution in [0.25, 0.3) is 0 Å². The molecule has 0 bridgehead atoms. The van der Waals surface area contributed by atoms with Gasteiger partial charge in [0.1, 0.15) is 0 Å². The van der Waals surface area contributed by atoms with E-state index >= 15 is 0 Å². The number of aliphatic hydroxyl groups is 1. The fraction of sp³-hybridized carbons (Fsp3) is 0.333. The minimum Gasteiger partial charge on any atom is -0.393 e. The van der Waals surface area contributed by atoms with Crippen LogP contribution in [0, 0.1) is 0 Å². The number of aliphatic hydroxyl groups excluding tert-OH is 1. The SMILES string of the molecule is C=C[C@H]([C@@H](O)CCOCc1ccccc1)[Si](C)(C)c1ccccc1. The summed E-state index contributed by atoms with van der Waals surface area (Å²) < 4.78 is 5.72. The van der Waals surface area contributed by atoms with Crippen molar-refractivity contribution < 1.29 is 9.84 Å². The molecule has 0 aliphatic rings. The molecule has 0 heterocycles. The molecule has 0 aromatic heterocycles. The average Bonchev–Trinajstić information content (AvgIpc) is 2.61. The number of benzene rings is 2. The zero-order valence-corrected chi connectivity index (χ0v) is 15.7. The van der Waals surface area contributed by atoms with Crippen LogP contribution in [-0.4, -0.2) is 25.9 Å². The van der Waals surface area contributed by atoms with Crippen molar-refractivity contribution in [2.45, 2.75) is 37.8 Å². The van der Waals surface area contributed by atoms with Gasteiger partial charge in [-0.15, -0.1) is 6.58 Å². The van der Waals surface area contributed by atoms with Gasteiger partial charge in [-0.3, -0.25) is 0 Å². The lowest BCUT2D eigenvalue weighted by atomic mass is 10.2. The predicted molar refractivity (Wildman–Crippen MR) is 104 cm³/mol. The normalized spacial score (nSPS) is 14.1. The fourth-order valence-electron chi connectivity index (χ4n) is 3.14. The molecule has 0 spiro atoms. The van der Waals surface area contributed by atoms with Crippen molar-refractivity contribution in [1.82, 2.24) is 0 Å². The van der Waals surface area contributed by atoms with Gasteiger partial charge in [0, 0.05) is 12.1 Å². The molecule has 3 heteroatoms. The molecule has 2 nitrogen and oxygen atoms in total. The molecule has 0 aliphatic heterocycles. The van der Waals surface area contributed by atoms with E-state index in [1.54, 1.807) is 0 Å². The van der Waals surface area contributed by atoms with Crippen LogP contribution in [0.4, 0.5) is 0 Å². The lowest BCUT2D eigenvalue weighted by Crippen LogP contribution is -2.49.